The number of hydrogen-bond acceptors (Lipinski definition) is 7. The van der Waals surface area contributed by atoms with Gasteiger partial charge in [-0.3, -0.25) is 9.59 Å². The molecule has 9 nitrogen and oxygen atoms in total. The number of nitrogens with zero attached hydrogens (tertiary/aromatic N) is 3. The van der Waals surface area contributed by atoms with E-state index in [4.69, 9.17) is 9.47 Å². The number of carbonyl (C=O) groups is 2. The van der Waals surface area contributed by atoms with Crippen LogP contribution in [-0.4, -0.2) is 73.1 Å². The number of rotatable bonds is 8. The summed E-state index contributed by atoms with van der Waals surface area (Å²) in [5.74, 6) is 1.19. The highest BCUT2D eigenvalue weighted by Crippen LogP contribution is 2.41. The van der Waals surface area contributed by atoms with Crippen LogP contribution in [0.5, 0.6) is 17.2 Å². The zero-order valence-corrected chi connectivity index (χ0v) is 25.6. The smallest absolute Gasteiger partial charge is 0.256 e. The molecule has 2 atom stereocenters. The van der Waals surface area contributed by atoms with Crippen LogP contribution in [0.3, 0.4) is 0 Å². The van der Waals surface area contributed by atoms with E-state index < -0.39 is 6.23 Å². The molecule has 0 aliphatic carbocycles. The van der Waals surface area contributed by atoms with Gasteiger partial charge in [0.05, 0.1) is 36.7 Å². The maximum Gasteiger partial charge on any atom is 0.256 e. The van der Waals surface area contributed by atoms with E-state index in [9.17, 15) is 19.8 Å². The summed E-state index contributed by atoms with van der Waals surface area (Å²) in [6.07, 6.45) is 4.39. The number of phenolic OH excluding ortho intramolecular Hbond substituents is 1. The van der Waals surface area contributed by atoms with Gasteiger partial charge in [0.15, 0.2) is 11.5 Å². The monoisotopic (exact) mass is 589 g/mol. The third-order valence-corrected chi connectivity index (χ3v) is 8.77. The van der Waals surface area contributed by atoms with Crippen molar-refractivity contribution >= 4 is 34.0 Å². The van der Waals surface area contributed by atoms with Crippen molar-refractivity contribution < 1.29 is 29.3 Å². The summed E-state index contributed by atoms with van der Waals surface area (Å²) in [5.41, 5.74) is 3.07. The van der Waals surface area contributed by atoms with Crippen LogP contribution in [0.2, 0.25) is 0 Å². The Morgan fingerprint density at radius 2 is 1.77 bits per heavy atom. The summed E-state index contributed by atoms with van der Waals surface area (Å²) in [5, 5.41) is 23.3. The van der Waals surface area contributed by atoms with Gasteiger partial charge >= 0.3 is 0 Å². The summed E-state index contributed by atoms with van der Waals surface area (Å²) in [4.78, 5) is 31.6. The van der Waals surface area contributed by atoms with E-state index >= 15 is 0 Å². The molecule has 43 heavy (non-hydrogen) atoms. The number of methoxy groups -OCH3 is 1. The van der Waals surface area contributed by atoms with Crippen molar-refractivity contribution in [3.05, 3.63) is 53.6 Å². The minimum Gasteiger partial charge on any atom is -0.507 e. The predicted molar refractivity (Wildman–Crippen MR) is 168 cm³/mol. The summed E-state index contributed by atoms with van der Waals surface area (Å²) >= 11 is 0. The first-order valence-electron chi connectivity index (χ1n) is 15.5. The van der Waals surface area contributed by atoms with Gasteiger partial charge in [-0.15, -0.1) is 0 Å². The number of amides is 2. The van der Waals surface area contributed by atoms with Gasteiger partial charge < -0.3 is 34.4 Å². The third-order valence-electron chi connectivity index (χ3n) is 8.77. The largest absolute Gasteiger partial charge is 0.507 e. The fraction of sp³-hybridized carbons (Fsp3) is 0.471. The molecular weight excluding hydrogens is 546 g/mol. The Morgan fingerprint density at radius 1 is 1.00 bits per heavy atom. The van der Waals surface area contributed by atoms with Gasteiger partial charge in [0, 0.05) is 44.1 Å². The predicted octanol–water partition coefficient (Wildman–Crippen LogP) is 5.48. The Labute approximate surface area is 253 Å². The molecule has 3 aliphatic rings. The number of likely N-dealkylation sites (N-methyl/N-ethyl adjacent to an activating group) is 1. The zero-order chi connectivity index (χ0) is 30.7. The van der Waals surface area contributed by atoms with Crippen molar-refractivity contribution in [2.24, 2.45) is 0 Å². The van der Waals surface area contributed by atoms with Crippen LogP contribution >= 0.6 is 0 Å². The lowest BCUT2D eigenvalue weighted by molar-refractivity contribution is -0.118. The summed E-state index contributed by atoms with van der Waals surface area (Å²) in [7, 11) is 3.35. The van der Waals surface area contributed by atoms with Gasteiger partial charge in [0.1, 0.15) is 12.0 Å². The van der Waals surface area contributed by atoms with E-state index in [1.54, 1.807) is 47.1 Å². The van der Waals surface area contributed by atoms with Crippen LogP contribution in [0.4, 0.5) is 11.4 Å². The quantitative estimate of drug-likeness (QED) is 0.336. The highest BCUT2D eigenvalue weighted by atomic mass is 16.5. The fourth-order valence-corrected chi connectivity index (χ4v) is 6.58. The van der Waals surface area contributed by atoms with Gasteiger partial charge in [-0.1, -0.05) is 38.1 Å². The molecule has 6 rings (SSSR count). The molecule has 9 heteroatoms. The van der Waals surface area contributed by atoms with E-state index in [2.05, 4.69) is 0 Å². The number of aromatic hydroxyl groups is 1. The van der Waals surface area contributed by atoms with Gasteiger partial charge in [-0.2, -0.15) is 0 Å². The van der Waals surface area contributed by atoms with Crippen LogP contribution in [0, 0.1) is 0 Å². The second kappa shape index (κ2) is 13.1. The number of fused-ring (bicyclic) bond motifs is 5. The molecule has 3 aromatic rings. The first kappa shape index (κ1) is 30.5. The van der Waals surface area contributed by atoms with Crippen LogP contribution in [0.1, 0.15) is 68.3 Å². The Balaban J connectivity index is 0.00000180. The molecule has 2 N–H and O–H groups in total. The Bertz CT molecular complexity index is 1490. The molecule has 0 radical (unpaired) electrons. The first-order valence-corrected chi connectivity index (χ1v) is 15.5. The first-order chi connectivity index (χ1) is 20.9. The van der Waals surface area contributed by atoms with Gasteiger partial charge in [-0.05, 0) is 55.5 Å². The van der Waals surface area contributed by atoms with Crippen molar-refractivity contribution in [2.75, 3.05) is 43.7 Å². The molecule has 0 spiro atoms. The van der Waals surface area contributed by atoms with Crippen molar-refractivity contribution in [1.29, 1.82) is 0 Å². The minimum absolute atomic E-state index is 0.0681. The van der Waals surface area contributed by atoms with E-state index in [1.807, 2.05) is 38.1 Å². The number of anilines is 2. The zero-order valence-electron chi connectivity index (χ0n) is 25.6. The summed E-state index contributed by atoms with van der Waals surface area (Å²) in [6, 6.07) is 12.8. The highest BCUT2D eigenvalue weighted by molar-refractivity contribution is 6.03. The lowest BCUT2D eigenvalue weighted by atomic mass is 10.0. The van der Waals surface area contributed by atoms with Crippen molar-refractivity contribution in [1.82, 2.24) is 4.90 Å². The topological polar surface area (TPSA) is 103 Å². The Morgan fingerprint density at radius 3 is 2.53 bits per heavy atom. The molecule has 1 fully saturated rings. The van der Waals surface area contributed by atoms with Gasteiger partial charge in [0.2, 0.25) is 5.91 Å². The number of aliphatic hydroxyl groups excluding tert-OH is 1. The number of aliphatic hydroxyl groups is 1. The SMILES string of the molecule is CC.COc1cc2c(cc1OCCCCCC(=O)N1CCc3c1cc(O)c1ccccc31)N(C)C(O)[C@@H]1CCCN1C2=O. The molecule has 1 saturated heterocycles. The van der Waals surface area contributed by atoms with Crippen LogP contribution < -0.4 is 19.3 Å². The lowest BCUT2D eigenvalue weighted by Gasteiger charge is -2.31. The number of carbonyl (C=O) groups excluding carboxylic acids is 2. The number of phenols is 1. The highest BCUT2D eigenvalue weighted by Gasteiger charge is 2.41. The molecule has 1 unspecified atom stereocenters. The molecule has 0 bridgehead atoms. The maximum absolute atomic E-state index is 13.3. The van der Waals surface area contributed by atoms with Gasteiger partial charge in [-0.25, -0.2) is 0 Å². The second-order valence-electron chi connectivity index (χ2n) is 11.1. The average Bonchev–Trinajstić information content (AvgIpc) is 3.69. The van der Waals surface area contributed by atoms with Crippen molar-refractivity contribution in [3.63, 3.8) is 0 Å². The average molecular weight is 590 g/mol. The lowest BCUT2D eigenvalue weighted by Crippen LogP contribution is -2.47. The van der Waals surface area contributed by atoms with Crippen molar-refractivity contribution in [2.45, 2.75) is 71.1 Å². The standard InChI is InChI=1S/C32H37N3O6.C2H6/c1-33-25-19-29(28(40-2)17-23(25)31(38)35-14-8-11-24(35)32(33)39)41-16-7-3-4-12-30(37)34-15-13-21-20-9-5-6-10-22(20)27(36)18-26(21)34;1-2/h5-6,9-10,17-19,24,32,36,39H,3-4,7-8,11-16H2,1-2H3;1-2H3/t24-,32?;/m0./s1. The minimum atomic E-state index is -0.785. The number of unbranched alkanes of at least 4 members (excludes halogenated alkanes) is 2. The molecule has 3 heterocycles. The van der Waals surface area contributed by atoms with E-state index in [-0.39, 0.29) is 23.6 Å². The molecule has 2 amide bonds. The van der Waals surface area contributed by atoms with Gasteiger partial charge in [0.25, 0.3) is 5.91 Å². The Hall–Kier alpha value is -3.98. The Kier molecular flexibility index (Phi) is 9.30. The number of ether oxygens (including phenoxy) is 2. The summed E-state index contributed by atoms with van der Waals surface area (Å²) in [6.45, 7) is 5.71. The normalized spacial score (nSPS) is 18.9. The molecule has 0 aromatic heterocycles. The fourth-order valence-electron chi connectivity index (χ4n) is 6.58. The van der Waals surface area contributed by atoms with E-state index in [0.29, 0.717) is 48.9 Å². The molecule has 230 valence electrons. The van der Waals surface area contributed by atoms with Crippen LogP contribution in [0.25, 0.3) is 10.8 Å². The molecule has 3 aliphatic heterocycles. The molecule has 0 saturated carbocycles. The van der Waals surface area contributed by atoms with E-state index in [1.165, 1.54) is 0 Å². The van der Waals surface area contributed by atoms with Crippen LogP contribution in [-0.2, 0) is 11.2 Å². The third kappa shape index (κ3) is 5.70. The number of benzene rings is 3. The summed E-state index contributed by atoms with van der Waals surface area (Å²) < 4.78 is 11.6. The molecular formula is C34H43N3O6. The maximum atomic E-state index is 13.3. The molecule has 3 aromatic carbocycles. The number of hydrogen-bond donors (Lipinski definition) is 2. The second-order valence-corrected chi connectivity index (χ2v) is 11.1. The van der Waals surface area contributed by atoms with Crippen molar-refractivity contribution in [3.8, 4) is 17.2 Å². The van der Waals surface area contributed by atoms with E-state index in [0.717, 1.165) is 60.5 Å². The van der Waals surface area contributed by atoms with Crippen LogP contribution in [0.15, 0.2) is 42.5 Å².